The number of nitrogens with zero attached hydrogens (tertiary/aromatic N) is 8. The third-order valence-corrected chi connectivity index (χ3v) is 10.8. The van der Waals surface area contributed by atoms with Gasteiger partial charge in [0.15, 0.2) is 0 Å². The number of amides is 2. The number of H-pyrrole nitrogens is 2. The largest absolute Gasteiger partial charge is 2.00 e. The van der Waals surface area contributed by atoms with Crippen LogP contribution >= 0.6 is 0 Å². The SMILES string of the molecule is CCCCC(=O)N(Cc1ccc(-c2ccccc2-c2nn[nH]n2)cc1)[C@H](C(=O)[O-])C(C)C.CCCCC(=O)N(Cc1ccc(-c2ccccc2-c2nn[nH]n2)cc1)[C@H](C(=O)[O-])C(C)C.O.O.O.[Ca+2]. The van der Waals surface area contributed by atoms with E-state index < -0.39 is 24.0 Å². The molecule has 2 aromatic heterocycles. The molecule has 6 rings (SSSR count). The molecule has 19 nitrogen and oxygen atoms in total. The van der Waals surface area contributed by atoms with E-state index in [2.05, 4.69) is 41.2 Å². The van der Waals surface area contributed by atoms with Crippen LogP contribution in [0.1, 0.15) is 91.2 Å². The standard InChI is InChI=1S/2C24H29N5O3.Ca.3H2O/c2*1-4-5-10-21(30)29(22(16(2)3)24(31)32)15-17-11-13-18(14-12-17)19-8-6-7-9-20(19)23-25-27-28-26-23;;;;/h2*6-9,11-14,16,22H,4-5,10,15H2,1-3H3,(H,31,32)(H,25,26,27,28);;3*1H2/q;;+2;;;/p-2/t2*22-;;;;/m00..../s1. The average Bonchev–Trinajstić information content (AvgIpc) is 4.04. The summed E-state index contributed by atoms with van der Waals surface area (Å²) in [6, 6.07) is 29.0. The number of nitrogens with one attached hydrogen (secondary N) is 2. The first-order valence-electron chi connectivity index (χ1n) is 21.7. The third-order valence-electron chi connectivity index (χ3n) is 10.8. The molecule has 4 aromatic carbocycles. The Bertz CT molecular complexity index is 2250. The van der Waals surface area contributed by atoms with Gasteiger partial charge in [0.25, 0.3) is 0 Å². The molecule has 0 aliphatic rings. The van der Waals surface area contributed by atoms with Crippen molar-refractivity contribution in [3.05, 3.63) is 108 Å². The van der Waals surface area contributed by atoms with E-state index in [-0.39, 0.29) is 90.9 Å². The van der Waals surface area contributed by atoms with Gasteiger partial charge in [-0.3, -0.25) is 9.59 Å². The Morgan fingerprint density at radius 2 is 0.853 bits per heavy atom. The van der Waals surface area contributed by atoms with Gasteiger partial charge in [0.05, 0.1) is 24.0 Å². The maximum absolute atomic E-state index is 12.8. The number of aromatic amines is 2. The Morgan fingerprint density at radius 1 is 0.529 bits per heavy atom. The van der Waals surface area contributed by atoms with Crippen LogP contribution in [-0.2, 0) is 32.3 Å². The van der Waals surface area contributed by atoms with Gasteiger partial charge in [-0.05, 0) is 68.5 Å². The predicted molar refractivity (Wildman–Crippen MR) is 254 cm³/mol. The molecule has 0 unspecified atom stereocenters. The summed E-state index contributed by atoms with van der Waals surface area (Å²) in [6.07, 6.45) is 3.82. The van der Waals surface area contributed by atoms with E-state index in [1.807, 2.05) is 111 Å². The zero-order chi connectivity index (χ0) is 46.2. The summed E-state index contributed by atoms with van der Waals surface area (Å²) in [5.41, 5.74) is 7.21. The number of aliphatic carboxylic acids is 2. The molecule has 360 valence electrons. The van der Waals surface area contributed by atoms with Crippen LogP contribution in [0.3, 0.4) is 0 Å². The molecule has 0 saturated heterocycles. The van der Waals surface area contributed by atoms with Gasteiger partial charge in [-0.2, -0.15) is 10.4 Å². The first-order chi connectivity index (χ1) is 30.8. The maximum Gasteiger partial charge on any atom is 2.00 e. The summed E-state index contributed by atoms with van der Waals surface area (Å²) in [7, 11) is 0. The van der Waals surface area contributed by atoms with Crippen LogP contribution in [0.2, 0.25) is 0 Å². The molecule has 0 aliphatic carbocycles. The Morgan fingerprint density at radius 3 is 1.12 bits per heavy atom. The summed E-state index contributed by atoms with van der Waals surface area (Å²) in [4.78, 5) is 52.2. The summed E-state index contributed by atoms with van der Waals surface area (Å²) >= 11 is 0. The molecule has 8 N–H and O–H groups in total. The third kappa shape index (κ3) is 16.1. The fraction of sp³-hybridized carbons (Fsp3) is 0.375. The van der Waals surface area contributed by atoms with Crippen LogP contribution in [0.25, 0.3) is 45.0 Å². The number of carboxylic acid groups (broad SMARTS) is 2. The number of benzene rings is 4. The Kier molecular flexibility index (Phi) is 26.3. The smallest absolute Gasteiger partial charge is 0.548 e. The van der Waals surface area contributed by atoms with E-state index in [4.69, 9.17) is 0 Å². The van der Waals surface area contributed by atoms with Gasteiger partial charge in [0, 0.05) is 37.1 Å². The van der Waals surface area contributed by atoms with Crippen molar-refractivity contribution in [1.29, 1.82) is 0 Å². The van der Waals surface area contributed by atoms with Crippen LogP contribution in [0.4, 0.5) is 0 Å². The number of carbonyl (C=O) groups excluding carboxylic acids is 4. The molecule has 68 heavy (non-hydrogen) atoms. The quantitative estimate of drug-likeness (QED) is 0.104. The van der Waals surface area contributed by atoms with Crippen molar-refractivity contribution >= 4 is 61.5 Å². The summed E-state index contributed by atoms with van der Waals surface area (Å²) in [6.45, 7) is 11.6. The number of aromatic nitrogens is 8. The second kappa shape index (κ2) is 29.7. The molecule has 0 radical (unpaired) electrons. The predicted octanol–water partition coefficient (Wildman–Crippen LogP) is 2.80. The van der Waals surface area contributed by atoms with Crippen molar-refractivity contribution in [2.75, 3.05) is 0 Å². The molecule has 20 heteroatoms. The van der Waals surface area contributed by atoms with Gasteiger partial charge in [0.1, 0.15) is 0 Å². The van der Waals surface area contributed by atoms with E-state index >= 15 is 0 Å². The molecule has 2 atom stereocenters. The molecule has 2 amide bonds. The van der Waals surface area contributed by atoms with Gasteiger partial charge in [-0.1, -0.05) is 151 Å². The molecule has 0 fully saturated rings. The fourth-order valence-corrected chi connectivity index (χ4v) is 7.53. The van der Waals surface area contributed by atoms with Gasteiger partial charge >= 0.3 is 37.7 Å². The number of rotatable bonds is 20. The Hall–Kier alpha value is -5.96. The van der Waals surface area contributed by atoms with Crippen LogP contribution in [0, 0.1) is 11.8 Å². The Balaban J connectivity index is 0.000000642. The zero-order valence-electron chi connectivity index (χ0n) is 39.4. The van der Waals surface area contributed by atoms with E-state index in [1.54, 1.807) is 27.7 Å². The molecule has 0 aliphatic heterocycles. The second-order valence-electron chi connectivity index (χ2n) is 16.2. The van der Waals surface area contributed by atoms with Crippen molar-refractivity contribution in [3.63, 3.8) is 0 Å². The molecule has 0 spiro atoms. The van der Waals surface area contributed by atoms with Gasteiger partial charge in [-0.25, -0.2) is 0 Å². The first kappa shape index (κ1) is 60.1. The maximum atomic E-state index is 12.8. The minimum atomic E-state index is -1.23. The first-order valence-corrected chi connectivity index (χ1v) is 21.7. The van der Waals surface area contributed by atoms with Crippen LogP contribution in [0.15, 0.2) is 97.1 Å². The Labute approximate surface area is 426 Å². The van der Waals surface area contributed by atoms with Gasteiger partial charge in [-0.15, -0.1) is 20.4 Å². The van der Waals surface area contributed by atoms with E-state index in [0.29, 0.717) is 24.5 Å². The summed E-state index contributed by atoms with van der Waals surface area (Å²) < 4.78 is 0. The van der Waals surface area contributed by atoms with E-state index in [0.717, 1.165) is 70.2 Å². The van der Waals surface area contributed by atoms with Crippen molar-refractivity contribution in [3.8, 4) is 45.0 Å². The summed E-state index contributed by atoms with van der Waals surface area (Å²) in [5.74, 6) is -2.29. The monoisotopic (exact) mass is 962 g/mol. The minimum absolute atomic E-state index is 0. The molecule has 0 saturated carbocycles. The van der Waals surface area contributed by atoms with Crippen molar-refractivity contribution in [2.24, 2.45) is 11.8 Å². The van der Waals surface area contributed by atoms with Gasteiger partial charge < -0.3 is 46.0 Å². The minimum Gasteiger partial charge on any atom is -0.548 e. The number of carbonyl (C=O) groups is 4. The number of tetrazole rings is 2. The van der Waals surface area contributed by atoms with Crippen molar-refractivity contribution in [2.45, 2.75) is 105 Å². The molecule has 2 heterocycles. The number of carboxylic acids is 2. The molecule has 6 aromatic rings. The van der Waals surface area contributed by atoms with E-state index in [1.165, 1.54) is 9.80 Å². The number of unbranched alkanes of at least 4 members (excludes halogenated alkanes) is 2. The van der Waals surface area contributed by atoms with Crippen LogP contribution < -0.4 is 10.2 Å². The van der Waals surface area contributed by atoms with Gasteiger partial charge in [0.2, 0.25) is 23.5 Å². The molecular weight excluding hydrogens is 901 g/mol. The van der Waals surface area contributed by atoms with Crippen LogP contribution in [0.5, 0.6) is 0 Å². The second-order valence-corrected chi connectivity index (χ2v) is 16.2. The van der Waals surface area contributed by atoms with Crippen molar-refractivity contribution in [1.82, 2.24) is 51.0 Å². The topological polar surface area (TPSA) is 324 Å². The van der Waals surface area contributed by atoms with E-state index in [9.17, 15) is 29.4 Å². The fourth-order valence-electron chi connectivity index (χ4n) is 7.53. The van der Waals surface area contributed by atoms with Crippen molar-refractivity contribution < 1.29 is 45.8 Å². The average molecular weight is 963 g/mol. The summed E-state index contributed by atoms with van der Waals surface area (Å²) in [5, 5.41) is 52.1. The number of hydrogen-bond donors (Lipinski definition) is 2. The molecule has 0 bridgehead atoms. The normalized spacial score (nSPS) is 11.3. The molecular formula is C48H62CaN10O9. The zero-order valence-corrected chi connectivity index (χ0v) is 41.6. The van der Waals surface area contributed by atoms with Crippen LogP contribution in [-0.4, -0.2) is 141 Å². The number of hydrogen-bond acceptors (Lipinski definition) is 12.